The van der Waals surface area contributed by atoms with Crippen LogP contribution >= 0.6 is 34.8 Å². The van der Waals surface area contributed by atoms with Crippen LogP contribution in [0.15, 0.2) is 30.6 Å². The zero-order valence-electron chi connectivity index (χ0n) is 14.9. The second kappa shape index (κ2) is 9.16. The summed E-state index contributed by atoms with van der Waals surface area (Å²) < 4.78 is 5.36. The third kappa shape index (κ3) is 4.90. The molecular formula is C17H12Cl3N5O5. The van der Waals surface area contributed by atoms with Crippen LogP contribution in [0.3, 0.4) is 0 Å². The smallest absolute Gasteiger partial charge is 0.404 e. The van der Waals surface area contributed by atoms with Crippen molar-refractivity contribution in [3.05, 3.63) is 55.8 Å². The molecule has 0 aliphatic carbocycles. The van der Waals surface area contributed by atoms with Gasteiger partial charge in [-0.2, -0.15) is 0 Å². The van der Waals surface area contributed by atoms with Crippen molar-refractivity contribution in [2.24, 2.45) is 0 Å². The van der Waals surface area contributed by atoms with E-state index in [0.29, 0.717) is 16.6 Å². The molecule has 0 unspecified atom stereocenters. The summed E-state index contributed by atoms with van der Waals surface area (Å²) in [5.41, 5.74) is 0.417. The van der Waals surface area contributed by atoms with Crippen LogP contribution in [-0.4, -0.2) is 39.2 Å². The van der Waals surface area contributed by atoms with Crippen LogP contribution in [0.5, 0.6) is 5.75 Å². The van der Waals surface area contributed by atoms with Crippen molar-refractivity contribution in [1.29, 1.82) is 0 Å². The second-order valence-electron chi connectivity index (χ2n) is 5.77. The van der Waals surface area contributed by atoms with Gasteiger partial charge in [0.1, 0.15) is 18.8 Å². The van der Waals surface area contributed by atoms with E-state index in [1.165, 1.54) is 30.6 Å². The van der Waals surface area contributed by atoms with Gasteiger partial charge in [-0.15, -0.1) is 0 Å². The molecule has 30 heavy (non-hydrogen) atoms. The first-order valence-electron chi connectivity index (χ1n) is 8.20. The van der Waals surface area contributed by atoms with Crippen LogP contribution < -0.4 is 15.4 Å². The Hall–Kier alpha value is -3.08. The second-order valence-corrected chi connectivity index (χ2v) is 6.99. The number of rotatable bonds is 7. The largest absolute Gasteiger partial charge is 0.485 e. The highest BCUT2D eigenvalue weighted by atomic mass is 35.5. The summed E-state index contributed by atoms with van der Waals surface area (Å²) in [6.07, 6.45) is 0.0357. The van der Waals surface area contributed by atoms with Crippen LogP contribution in [-0.2, 0) is 0 Å². The Morgan fingerprint density at radius 2 is 1.87 bits per heavy atom. The van der Waals surface area contributed by atoms with Crippen molar-refractivity contribution < 1.29 is 19.6 Å². The van der Waals surface area contributed by atoms with Crippen molar-refractivity contribution >= 4 is 69.0 Å². The Balaban J connectivity index is 1.98. The molecule has 1 heterocycles. The first-order valence-corrected chi connectivity index (χ1v) is 9.34. The molecule has 1 aromatic heterocycles. The van der Waals surface area contributed by atoms with Gasteiger partial charge in [-0.1, -0.05) is 34.8 Å². The molecule has 3 N–H and O–H groups in total. The van der Waals surface area contributed by atoms with Crippen molar-refractivity contribution in [3.8, 4) is 5.75 Å². The number of aromatic nitrogens is 2. The summed E-state index contributed by atoms with van der Waals surface area (Å²) in [4.78, 5) is 29.6. The summed E-state index contributed by atoms with van der Waals surface area (Å²) >= 11 is 18.1. The fourth-order valence-corrected chi connectivity index (χ4v) is 3.09. The molecule has 3 aromatic rings. The molecule has 0 fully saturated rings. The molecule has 156 valence electrons. The predicted molar refractivity (Wildman–Crippen MR) is 112 cm³/mol. The molecule has 0 radical (unpaired) electrons. The standard InChI is InChI=1S/C17H12Cl3N5O5/c18-9-4-11(20)13(5-10(9)19)24-16-8-3-14(25(28)29)15(6-12(8)22-7-23-16)30-2-1-21-17(26)27/h3-7,21H,1-2H2,(H,26,27)(H,22,23,24). The molecule has 0 saturated carbocycles. The molecule has 2 aromatic carbocycles. The minimum Gasteiger partial charge on any atom is -0.485 e. The highest BCUT2D eigenvalue weighted by Crippen LogP contribution is 2.37. The quantitative estimate of drug-likeness (QED) is 0.191. The number of nitro groups is 1. The van der Waals surface area contributed by atoms with Crippen molar-refractivity contribution in [2.75, 3.05) is 18.5 Å². The number of nitrogens with zero attached hydrogens (tertiary/aromatic N) is 3. The third-order valence-corrected chi connectivity index (χ3v) is 4.85. The minimum absolute atomic E-state index is 0.0447. The van der Waals surface area contributed by atoms with Gasteiger partial charge in [0.05, 0.1) is 43.1 Å². The van der Waals surface area contributed by atoms with E-state index in [1.807, 2.05) is 0 Å². The third-order valence-electron chi connectivity index (χ3n) is 3.81. The molecule has 13 heteroatoms. The number of nitro benzene ring substituents is 1. The maximum atomic E-state index is 11.5. The van der Waals surface area contributed by atoms with E-state index in [1.54, 1.807) is 0 Å². The molecule has 3 rings (SSSR count). The van der Waals surface area contributed by atoms with E-state index < -0.39 is 11.0 Å². The van der Waals surface area contributed by atoms with Gasteiger partial charge in [0.2, 0.25) is 0 Å². The Morgan fingerprint density at radius 3 is 2.57 bits per heavy atom. The number of nitrogens with one attached hydrogen (secondary N) is 2. The average Bonchev–Trinajstić information content (AvgIpc) is 2.68. The first-order chi connectivity index (χ1) is 14.3. The Bertz CT molecular complexity index is 1140. The number of hydrogen-bond donors (Lipinski definition) is 3. The zero-order chi connectivity index (χ0) is 21.8. The molecule has 0 atom stereocenters. The molecule has 1 amide bonds. The number of fused-ring (bicyclic) bond motifs is 1. The van der Waals surface area contributed by atoms with E-state index in [2.05, 4.69) is 20.6 Å². The van der Waals surface area contributed by atoms with Crippen LogP contribution in [0.1, 0.15) is 0 Å². The highest BCUT2D eigenvalue weighted by molar-refractivity contribution is 6.44. The number of ether oxygens (including phenoxy) is 1. The summed E-state index contributed by atoms with van der Waals surface area (Å²) in [5.74, 6) is 0.194. The monoisotopic (exact) mass is 471 g/mol. The average molecular weight is 473 g/mol. The number of anilines is 2. The zero-order valence-corrected chi connectivity index (χ0v) is 17.1. The molecule has 0 aliphatic rings. The van der Waals surface area contributed by atoms with Crippen LogP contribution in [0.25, 0.3) is 10.9 Å². The fraction of sp³-hybridized carbons (Fsp3) is 0.118. The van der Waals surface area contributed by atoms with Crippen LogP contribution in [0, 0.1) is 10.1 Å². The molecular weight excluding hydrogens is 461 g/mol. The normalized spacial score (nSPS) is 10.6. The number of halogens is 3. The minimum atomic E-state index is -1.23. The first kappa shape index (κ1) is 21.6. The summed E-state index contributed by atoms with van der Waals surface area (Å²) in [5, 5.41) is 26.3. The van der Waals surface area contributed by atoms with Gasteiger partial charge in [0.15, 0.2) is 5.75 Å². The lowest BCUT2D eigenvalue weighted by Gasteiger charge is -2.12. The van der Waals surface area contributed by atoms with Gasteiger partial charge in [-0.25, -0.2) is 14.8 Å². The van der Waals surface area contributed by atoms with Crippen LogP contribution in [0.2, 0.25) is 15.1 Å². The molecule has 0 saturated heterocycles. The topological polar surface area (TPSA) is 140 Å². The molecule has 0 bridgehead atoms. The van der Waals surface area contributed by atoms with Crippen LogP contribution in [0.4, 0.5) is 22.0 Å². The highest BCUT2D eigenvalue weighted by Gasteiger charge is 2.20. The summed E-state index contributed by atoms with van der Waals surface area (Å²) in [6.45, 7) is -0.148. The van der Waals surface area contributed by atoms with Gasteiger partial charge in [0, 0.05) is 12.1 Å². The lowest BCUT2D eigenvalue weighted by Crippen LogP contribution is -2.26. The van der Waals surface area contributed by atoms with E-state index in [0.717, 1.165) is 0 Å². The SMILES string of the molecule is O=C(O)NCCOc1cc2ncnc(Nc3cc(Cl)c(Cl)cc3Cl)c2cc1[N+](=O)[O-]. The van der Waals surface area contributed by atoms with Crippen molar-refractivity contribution in [3.63, 3.8) is 0 Å². The Kier molecular flexibility index (Phi) is 6.60. The number of amides is 1. The van der Waals surface area contributed by atoms with E-state index in [4.69, 9.17) is 44.6 Å². The number of carboxylic acid groups (broad SMARTS) is 1. The number of hydrogen-bond acceptors (Lipinski definition) is 7. The molecule has 0 spiro atoms. The van der Waals surface area contributed by atoms with Crippen molar-refractivity contribution in [2.45, 2.75) is 0 Å². The Labute approximate surface area is 183 Å². The van der Waals surface area contributed by atoms with Gasteiger partial charge < -0.3 is 20.5 Å². The maximum absolute atomic E-state index is 11.5. The number of carbonyl (C=O) groups is 1. The summed E-state index contributed by atoms with van der Waals surface area (Å²) in [6, 6.07) is 5.58. The van der Waals surface area contributed by atoms with Gasteiger partial charge in [-0.3, -0.25) is 10.1 Å². The maximum Gasteiger partial charge on any atom is 0.404 e. The van der Waals surface area contributed by atoms with Crippen molar-refractivity contribution in [1.82, 2.24) is 15.3 Å². The Morgan fingerprint density at radius 1 is 1.13 bits per heavy atom. The van der Waals surface area contributed by atoms with Gasteiger partial charge in [-0.05, 0) is 12.1 Å². The summed E-state index contributed by atoms with van der Waals surface area (Å²) in [7, 11) is 0. The van der Waals surface area contributed by atoms with Gasteiger partial charge in [0.25, 0.3) is 0 Å². The fourth-order valence-electron chi connectivity index (χ4n) is 2.50. The molecule has 10 nitrogen and oxygen atoms in total. The van der Waals surface area contributed by atoms with E-state index in [-0.39, 0.29) is 45.5 Å². The van der Waals surface area contributed by atoms with E-state index >= 15 is 0 Å². The lowest BCUT2D eigenvalue weighted by atomic mass is 10.2. The van der Waals surface area contributed by atoms with Gasteiger partial charge >= 0.3 is 11.8 Å². The number of benzene rings is 2. The molecule has 0 aliphatic heterocycles. The lowest BCUT2D eigenvalue weighted by molar-refractivity contribution is -0.385. The predicted octanol–water partition coefficient (Wildman–Crippen LogP) is 4.89. The van der Waals surface area contributed by atoms with E-state index in [9.17, 15) is 14.9 Å².